The number of benzene rings is 2. The van der Waals surface area contributed by atoms with Gasteiger partial charge in [-0.2, -0.15) is 0 Å². The number of nitrogens with one attached hydrogen (secondary N) is 1. The fraction of sp³-hybridized carbons (Fsp3) is 0.400. The van der Waals surface area contributed by atoms with Crippen LogP contribution in [0.3, 0.4) is 0 Å². The fourth-order valence-electron chi connectivity index (χ4n) is 4.19. The van der Waals surface area contributed by atoms with E-state index in [-0.39, 0.29) is 18.5 Å². The fourth-order valence-corrected chi connectivity index (χ4v) is 5.11. The topological polar surface area (TPSA) is 80.3 Å². The number of thiophene rings is 1. The summed E-state index contributed by atoms with van der Waals surface area (Å²) in [7, 11) is 4.79. The largest absolute Gasteiger partial charge is 0.493 e. The summed E-state index contributed by atoms with van der Waals surface area (Å²) in [6, 6.07) is 15.2. The van der Waals surface area contributed by atoms with Gasteiger partial charge in [0.05, 0.1) is 27.4 Å². The smallest absolute Gasteiger partial charge is 0.322 e. The van der Waals surface area contributed by atoms with Gasteiger partial charge in [-0.1, -0.05) is 31.2 Å². The Kier molecular flexibility index (Phi) is 11.6. The van der Waals surface area contributed by atoms with Gasteiger partial charge >= 0.3 is 6.03 Å². The maximum Gasteiger partial charge on any atom is 0.322 e. The summed E-state index contributed by atoms with van der Waals surface area (Å²) in [5.74, 6) is 1.18. The van der Waals surface area contributed by atoms with E-state index < -0.39 is 0 Å². The summed E-state index contributed by atoms with van der Waals surface area (Å²) in [4.78, 5) is 31.5. The average Bonchev–Trinajstić information content (AvgIpc) is 3.36. The number of ether oxygens (including phenoxy) is 3. The first-order valence-corrected chi connectivity index (χ1v) is 13.9. The second-order valence-electron chi connectivity index (χ2n) is 9.14. The first-order valence-electron chi connectivity index (χ1n) is 13.0. The zero-order valence-electron chi connectivity index (χ0n) is 23.5. The van der Waals surface area contributed by atoms with E-state index in [0.29, 0.717) is 44.2 Å². The molecule has 1 N–H and O–H groups in total. The third-order valence-corrected chi connectivity index (χ3v) is 7.60. The summed E-state index contributed by atoms with van der Waals surface area (Å²) in [6.07, 6.45) is 1.42. The van der Waals surface area contributed by atoms with Gasteiger partial charge in [0.25, 0.3) is 0 Å². The molecule has 210 valence electrons. The number of urea groups is 1. The molecular weight excluding hydrogens is 514 g/mol. The molecule has 0 aliphatic rings. The Morgan fingerprint density at radius 3 is 2.38 bits per heavy atom. The molecule has 3 amide bonds. The number of rotatable bonds is 14. The van der Waals surface area contributed by atoms with Crippen molar-refractivity contribution in [1.82, 2.24) is 9.80 Å². The number of anilines is 1. The van der Waals surface area contributed by atoms with E-state index in [1.807, 2.05) is 66.6 Å². The SMILES string of the molecule is CCc1ccccc1NC(=O)N(CCOC)CC(=O)N(CCc1ccc(OC)c(OC)c1)Cc1sccc1C. The highest BCUT2D eigenvalue weighted by Crippen LogP contribution is 2.28. The minimum atomic E-state index is -0.326. The maximum absolute atomic E-state index is 13.7. The Morgan fingerprint density at radius 1 is 0.949 bits per heavy atom. The molecule has 0 atom stereocenters. The Balaban J connectivity index is 1.78. The minimum absolute atomic E-state index is 0.0557. The summed E-state index contributed by atoms with van der Waals surface area (Å²) in [5.41, 5.74) is 3.96. The molecule has 0 radical (unpaired) electrons. The van der Waals surface area contributed by atoms with E-state index >= 15 is 0 Å². The Labute approximate surface area is 235 Å². The minimum Gasteiger partial charge on any atom is -0.493 e. The highest BCUT2D eigenvalue weighted by molar-refractivity contribution is 7.10. The van der Waals surface area contributed by atoms with Crippen LogP contribution in [0.4, 0.5) is 10.5 Å². The summed E-state index contributed by atoms with van der Waals surface area (Å²) >= 11 is 1.63. The number of amides is 3. The molecule has 0 spiro atoms. The molecule has 0 aliphatic heterocycles. The van der Waals surface area contributed by atoms with Crippen LogP contribution in [0.25, 0.3) is 0 Å². The third-order valence-electron chi connectivity index (χ3n) is 6.59. The van der Waals surface area contributed by atoms with Crippen LogP contribution in [0.15, 0.2) is 53.9 Å². The summed E-state index contributed by atoms with van der Waals surface area (Å²) in [6.45, 7) is 5.63. The van der Waals surface area contributed by atoms with Crippen LogP contribution in [0.1, 0.15) is 28.5 Å². The molecule has 1 heterocycles. The zero-order valence-corrected chi connectivity index (χ0v) is 24.3. The molecule has 0 aliphatic carbocycles. The maximum atomic E-state index is 13.7. The molecular formula is C30H39N3O5S. The number of aryl methyl sites for hydroxylation is 2. The number of carbonyl (C=O) groups is 2. The Morgan fingerprint density at radius 2 is 1.72 bits per heavy atom. The molecule has 3 rings (SSSR count). The van der Waals surface area contributed by atoms with Crippen molar-refractivity contribution >= 4 is 29.0 Å². The lowest BCUT2D eigenvalue weighted by Crippen LogP contribution is -2.46. The Hall–Kier alpha value is -3.56. The van der Waals surface area contributed by atoms with E-state index in [9.17, 15) is 9.59 Å². The number of hydrogen-bond donors (Lipinski definition) is 1. The van der Waals surface area contributed by atoms with Crippen LogP contribution in [0.2, 0.25) is 0 Å². The molecule has 2 aromatic carbocycles. The van der Waals surface area contributed by atoms with Gasteiger partial charge in [-0.3, -0.25) is 4.79 Å². The van der Waals surface area contributed by atoms with E-state index in [1.165, 1.54) is 4.90 Å². The predicted molar refractivity (Wildman–Crippen MR) is 156 cm³/mol. The lowest BCUT2D eigenvalue weighted by molar-refractivity contribution is -0.132. The number of nitrogens with zero attached hydrogens (tertiary/aromatic N) is 2. The number of hydrogen-bond acceptors (Lipinski definition) is 6. The van der Waals surface area contributed by atoms with Crippen LogP contribution in [-0.2, 0) is 28.9 Å². The van der Waals surface area contributed by atoms with Gasteiger partial charge in [-0.05, 0) is 66.1 Å². The normalized spacial score (nSPS) is 10.7. The van der Waals surface area contributed by atoms with Gasteiger partial charge in [-0.15, -0.1) is 11.3 Å². The van der Waals surface area contributed by atoms with Crippen LogP contribution in [0.5, 0.6) is 11.5 Å². The van der Waals surface area contributed by atoms with Gasteiger partial charge < -0.3 is 29.3 Å². The van der Waals surface area contributed by atoms with E-state index in [4.69, 9.17) is 14.2 Å². The standard InChI is InChI=1S/C30H39N3O5S/c1-6-24-9-7-8-10-25(24)31-30(35)33(16-17-36-3)21-29(34)32(20-28-22(2)14-18-39-28)15-13-23-11-12-26(37-4)27(19-23)38-5/h7-12,14,18-19H,6,13,15-17,20-21H2,1-5H3,(H,31,35). The van der Waals surface area contributed by atoms with Gasteiger partial charge in [0.15, 0.2) is 11.5 Å². The quantitative estimate of drug-likeness (QED) is 0.290. The van der Waals surface area contributed by atoms with Crippen LogP contribution >= 0.6 is 11.3 Å². The molecule has 0 saturated carbocycles. The van der Waals surface area contributed by atoms with Crippen LogP contribution in [0, 0.1) is 6.92 Å². The molecule has 9 heteroatoms. The molecule has 8 nitrogen and oxygen atoms in total. The summed E-state index contributed by atoms with van der Waals surface area (Å²) < 4.78 is 16.0. The van der Waals surface area contributed by atoms with Crippen molar-refractivity contribution in [3.63, 3.8) is 0 Å². The van der Waals surface area contributed by atoms with E-state index in [2.05, 4.69) is 11.4 Å². The number of para-hydroxylation sites is 1. The second kappa shape index (κ2) is 15.1. The van der Waals surface area contributed by atoms with Gasteiger partial charge in [0.1, 0.15) is 6.54 Å². The molecule has 0 fully saturated rings. The first kappa shape index (κ1) is 30.0. The molecule has 3 aromatic rings. The van der Waals surface area contributed by atoms with Crippen molar-refractivity contribution in [2.24, 2.45) is 0 Å². The Bertz CT molecular complexity index is 1230. The highest BCUT2D eigenvalue weighted by atomic mass is 32.1. The molecule has 0 bridgehead atoms. The number of carbonyl (C=O) groups excluding carboxylic acids is 2. The van der Waals surface area contributed by atoms with Crippen molar-refractivity contribution in [2.45, 2.75) is 33.2 Å². The van der Waals surface area contributed by atoms with Gasteiger partial charge in [0, 0.05) is 30.8 Å². The molecule has 39 heavy (non-hydrogen) atoms. The molecule has 1 aromatic heterocycles. The summed E-state index contributed by atoms with van der Waals surface area (Å²) in [5, 5.41) is 5.02. The molecule has 0 unspecified atom stereocenters. The first-order chi connectivity index (χ1) is 18.9. The van der Waals surface area contributed by atoms with Crippen molar-refractivity contribution in [3.05, 3.63) is 75.5 Å². The monoisotopic (exact) mass is 553 g/mol. The lowest BCUT2D eigenvalue weighted by atomic mass is 10.1. The van der Waals surface area contributed by atoms with Crippen LogP contribution in [-0.4, -0.2) is 69.3 Å². The average molecular weight is 554 g/mol. The van der Waals surface area contributed by atoms with Crippen molar-refractivity contribution in [1.29, 1.82) is 0 Å². The third kappa shape index (κ3) is 8.46. The van der Waals surface area contributed by atoms with Gasteiger partial charge in [0.2, 0.25) is 5.91 Å². The van der Waals surface area contributed by atoms with Crippen molar-refractivity contribution in [3.8, 4) is 11.5 Å². The van der Waals surface area contributed by atoms with Crippen molar-refractivity contribution < 1.29 is 23.8 Å². The number of methoxy groups -OCH3 is 3. The predicted octanol–water partition coefficient (Wildman–Crippen LogP) is 5.39. The lowest BCUT2D eigenvalue weighted by Gasteiger charge is -2.28. The van der Waals surface area contributed by atoms with Crippen molar-refractivity contribution in [2.75, 3.05) is 52.9 Å². The van der Waals surface area contributed by atoms with Crippen LogP contribution < -0.4 is 14.8 Å². The van der Waals surface area contributed by atoms with Gasteiger partial charge in [-0.25, -0.2) is 4.79 Å². The van der Waals surface area contributed by atoms with E-state index in [1.54, 1.807) is 32.7 Å². The second-order valence-corrected chi connectivity index (χ2v) is 10.1. The van der Waals surface area contributed by atoms with E-state index in [0.717, 1.165) is 33.7 Å². The zero-order chi connectivity index (χ0) is 28.2. The molecule has 0 saturated heterocycles. The highest BCUT2D eigenvalue weighted by Gasteiger charge is 2.23.